The first-order valence-corrected chi connectivity index (χ1v) is 7.20. The fourth-order valence-corrected chi connectivity index (χ4v) is 2.51. The molecular formula is C14H27NO2. The Bertz CT molecular complexity index is 212. The number of carbonyl (C=O) groups is 1. The predicted molar refractivity (Wildman–Crippen MR) is 70.0 cm³/mol. The lowest BCUT2D eigenvalue weighted by molar-refractivity contribution is -0.150. The summed E-state index contributed by atoms with van der Waals surface area (Å²) in [7, 11) is 0. The van der Waals surface area contributed by atoms with E-state index >= 15 is 0 Å². The van der Waals surface area contributed by atoms with E-state index in [4.69, 9.17) is 4.74 Å². The van der Waals surface area contributed by atoms with Crippen molar-refractivity contribution < 1.29 is 9.53 Å². The number of piperidine rings is 1. The molecule has 0 aromatic carbocycles. The Kier molecular flexibility index (Phi) is 7.25. The third-order valence-electron chi connectivity index (χ3n) is 3.47. The molecule has 0 spiro atoms. The van der Waals surface area contributed by atoms with Gasteiger partial charge in [-0.15, -0.1) is 0 Å². The number of likely N-dealkylation sites (tertiary alicyclic amines) is 1. The highest BCUT2D eigenvalue weighted by molar-refractivity contribution is 5.75. The normalized spacial score (nSPS) is 18.9. The first kappa shape index (κ1) is 14.5. The van der Waals surface area contributed by atoms with Gasteiger partial charge in [0.2, 0.25) is 0 Å². The first-order valence-electron chi connectivity index (χ1n) is 7.20. The van der Waals surface area contributed by atoms with Crippen LogP contribution in [0.15, 0.2) is 0 Å². The van der Waals surface area contributed by atoms with E-state index in [-0.39, 0.29) is 12.0 Å². The lowest BCUT2D eigenvalue weighted by Gasteiger charge is -2.33. The second kappa shape index (κ2) is 8.51. The van der Waals surface area contributed by atoms with Crippen molar-refractivity contribution in [1.29, 1.82) is 0 Å². The molecule has 1 saturated heterocycles. The number of hydrogen-bond acceptors (Lipinski definition) is 3. The minimum absolute atomic E-state index is 0.00879. The van der Waals surface area contributed by atoms with Gasteiger partial charge in [0.25, 0.3) is 0 Å². The van der Waals surface area contributed by atoms with Gasteiger partial charge in [-0.25, -0.2) is 0 Å². The van der Waals surface area contributed by atoms with Gasteiger partial charge in [0.05, 0.1) is 6.61 Å². The van der Waals surface area contributed by atoms with Crippen molar-refractivity contribution >= 4 is 5.97 Å². The topological polar surface area (TPSA) is 29.5 Å². The van der Waals surface area contributed by atoms with Gasteiger partial charge in [-0.05, 0) is 39.3 Å². The number of nitrogens with zero attached hydrogens (tertiary/aromatic N) is 1. The Morgan fingerprint density at radius 3 is 2.47 bits per heavy atom. The van der Waals surface area contributed by atoms with Gasteiger partial charge in [-0.3, -0.25) is 9.69 Å². The average molecular weight is 241 g/mol. The maximum absolute atomic E-state index is 12.0. The van der Waals surface area contributed by atoms with Crippen LogP contribution in [0.1, 0.15) is 58.8 Å². The summed E-state index contributed by atoms with van der Waals surface area (Å²) in [5.41, 5.74) is 0. The monoisotopic (exact) mass is 241 g/mol. The van der Waals surface area contributed by atoms with Crippen LogP contribution >= 0.6 is 0 Å². The quantitative estimate of drug-likeness (QED) is 0.507. The molecule has 17 heavy (non-hydrogen) atoms. The molecule has 1 aliphatic heterocycles. The molecule has 1 heterocycles. The summed E-state index contributed by atoms with van der Waals surface area (Å²) in [6.45, 7) is 6.71. The zero-order valence-corrected chi connectivity index (χ0v) is 11.4. The molecule has 0 aromatic rings. The van der Waals surface area contributed by atoms with E-state index in [1.54, 1.807) is 0 Å². The van der Waals surface area contributed by atoms with E-state index in [1.807, 2.05) is 6.92 Å². The van der Waals surface area contributed by atoms with Crippen LogP contribution in [0.5, 0.6) is 0 Å². The SMILES string of the molecule is CCCCCC(C(=O)OCC)N1CCCCC1. The number of esters is 1. The number of carbonyl (C=O) groups excluding carboxylic acids is 1. The Labute approximate surface area is 106 Å². The van der Waals surface area contributed by atoms with Crippen LogP contribution < -0.4 is 0 Å². The van der Waals surface area contributed by atoms with Crippen LogP contribution in [0.2, 0.25) is 0 Å². The largest absolute Gasteiger partial charge is 0.465 e. The van der Waals surface area contributed by atoms with Crippen molar-refractivity contribution in [2.45, 2.75) is 64.8 Å². The third kappa shape index (κ3) is 5.07. The summed E-state index contributed by atoms with van der Waals surface area (Å²) in [5, 5.41) is 0. The molecule has 0 saturated carbocycles. The number of hydrogen-bond donors (Lipinski definition) is 0. The summed E-state index contributed by atoms with van der Waals surface area (Å²) in [6.07, 6.45) is 8.27. The summed E-state index contributed by atoms with van der Waals surface area (Å²) in [6, 6.07) is 0.0156. The standard InChI is InChI=1S/C14H27NO2/c1-3-5-7-10-13(14(16)17-4-2)15-11-8-6-9-12-15/h13H,3-12H2,1-2H3. The van der Waals surface area contributed by atoms with Crippen molar-refractivity contribution in [2.24, 2.45) is 0 Å². The molecule has 0 amide bonds. The summed E-state index contributed by atoms with van der Waals surface area (Å²) >= 11 is 0. The van der Waals surface area contributed by atoms with Crippen molar-refractivity contribution in [3.63, 3.8) is 0 Å². The molecule has 0 radical (unpaired) electrons. The molecule has 100 valence electrons. The van der Waals surface area contributed by atoms with Gasteiger partial charge in [0.1, 0.15) is 6.04 Å². The molecule has 0 bridgehead atoms. The van der Waals surface area contributed by atoms with Crippen molar-refractivity contribution in [3.8, 4) is 0 Å². The fraction of sp³-hybridized carbons (Fsp3) is 0.929. The maximum atomic E-state index is 12.0. The number of ether oxygens (including phenoxy) is 1. The van der Waals surface area contributed by atoms with Gasteiger partial charge in [-0.2, -0.15) is 0 Å². The molecule has 1 unspecified atom stereocenters. The molecule has 1 fully saturated rings. The Balaban J connectivity index is 2.47. The Morgan fingerprint density at radius 2 is 1.88 bits per heavy atom. The highest BCUT2D eigenvalue weighted by Crippen LogP contribution is 2.17. The zero-order chi connectivity index (χ0) is 12.5. The molecule has 1 atom stereocenters. The van der Waals surface area contributed by atoms with Crippen molar-refractivity contribution in [1.82, 2.24) is 4.90 Å². The van der Waals surface area contributed by atoms with Crippen LogP contribution in [0.4, 0.5) is 0 Å². The zero-order valence-electron chi connectivity index (χ0n) is 11.4. The van der Waals surface area contributed by atoms with E-state index < -0.39 is 0 Å². The molecule has 0 aromatic heterocycles. The second-order valence-corrected chi connectivity index (χ2v) is 4.86. The molecule has 1 aliphatic rings. The molecular weight excluding hydrogens is 214 g/mol. The van der Waals surface area contributed by atoms with Gasteiger partial charge in [0.15, 0.2) is 0 Å². The molecule has 1 rings (SSSR count). The van der Waals surface area contributed by atoms with Crippen molar-refractivity contribution in [2.75, 3.05) is 19.7 Å². The maximum Gasteiger partial charge on any atom is 0.323 e. The van der Waals surface area contributed by atoms with Crippen LogP contribution in [-0.2, 0) is 9.53 Å². The third-order valence-corrected chi connectivity index (χ3v) is 3.47. The lowest BCUT2D eigenvalue weighted by atomic mass is 10.0. The Hall–Kier alpha value is -0.570. The first-order chi connectivity index (χ1) is 8.29. The van der Waals surface area contributed by atoms with Crippen molar-refractivity contribution in [3.05, 3.63) is 0 Å². The molecule has 0 N–H and O–H groups in total. The van der Waals surface area contributed by atoms with E-state index in [1.165, 1.54) is 32.1 Å². The number of unbranched alkanes of at least 4 members (excludes halogenated alkanes) is 2. The summed E-state index contributed by atoms with van der Waals surface area (Å²) in [5.74, 6) is -0.00879. The highest BCUT2D eigenvalue weighted by Gasteiger charge is 2.27. The fourth-order valence-electron chi connectivity index (χ4n) is 2.51. The van der Waals surface area contributed by atoms with Crippen LogP contribution in [0.3, 0.4) is 0 Å². The van der Waals surface area contributed by atoms with Gasteiger partial charge >= 0.3 is 5.97 Å². The van der Waals surface area contributed by atoms with E-state index in [0.29, 0.717) is 6.61 Å². The van der Waals surface area contributed by atoms with E-state index in [0.717, 1.165) is 25.9 Å². The minimum Gasteiger partial charge on any atom is -0.465 e. The highest BCUT2D eigenvalue weighted by atomic mass is 16.5. The predicted octanol–water partition coefficient (Wildman–Crippen LogP) is 2.98. The number of rotatable bonds is 7. The minimum atomic E-state index is -0.00879. The summed E-state index contributed by atoms with van der Waals surface area (Å²) < 4.78 is 5.21. The van der Waals surface area contributed by atoms with Crippen LogP contribution in [0, 0.1) is 0 Å². The van der Waals surface area contributed by atoms with E-state index in [2.05, 4.69) is 11.8 Å². The van der Waals surface area contributed by atoms with E-state index in [9.17, 15) is 4.79 Å². The van der Waals surface area contributed by atoms with Gasteiger partial charge in [-0.1, -0.05) is 32.6 Å². The van der Waals surface area contributed by atoms with Crippen LogP contribution in [0.25, 0.3) is 0 Å². The Morgan fingerprint density at radius 1 is 1.18 bits per heavy atom. The van der Waals surface area contributed by atoms with Crippen LogP contribution in [-0.4, -0.2) is 36.6 Å². The molecule has 3 heteroatoms. The molecule has 3 nitrogen and oxygen atoms in total. The molecule has 0 aliphatic carbocycles. The lowest BCUT2D eigenvalue weighted by Crippen LogP contribution is -2.44. The summed E-state index contributed by atoms with van der Waals surface area (Å²) in [4.78, 5) is 14.3. The smallest absolute Gasteiger partial charge is 0.323 e. The van der Waals surface area contributed by atoms with Gasteiger partial charge < -0.3 is 4.74 Å². The van der Waals surface area contributed by atoms with Gasteiger partial charge in [0, 0.05) is 0 Å². The average Bonchev–Trinajstić information content (AvgIpc) is 2.36. The second-order valence-electron chi connectivity index (χ2n) is 4.86.